The topological polar surface area (TPSA) is 87.2 Å². The highest BCUT2D eigenvalue weighted by atomic mass is 32.1. The van der Waals surface area contributed by atoms with Crippen LogP contribution >= 0.6 is 11.3 Å². The SMILES string of the molecule is CCCCc1ccc(-c2nc(C)c(/C(C)=N/NC(=N)N)s2)cc1. The Kier molecular flexibility index (Phi) is 5.87. The Balaban J connectivity index is 2.20. The second-order valence-electron chi connectivity index (χ2n) is 5.46. The second kappa shape index (κ2) is 7.87. The maximum Gasteiger partial charge on any atom is 0.206 e. The van der Waals surface area contributed by atoms with E-state index in [4.69, 9.17) is 11.1 Å². The number of aryl methyl sites for hydroxylation is 2. The highest BCUT2D eigenvalue weighted by Crippen LogP contribution is 2.28. The van der Waals surface area contributed by atoms with E-state index in [9.17, 15) is 0 Å². The highest BCUT2D eigenvalue weighted by molar-refractivity contribution is 7.17. The van der Waals surface area contributed by atoms with E-state index in [-0.39, 0.29) is 5.96 Å². The molecule has 2 rings (SSSR count). The van der Waals surface area contributed by atoms with Crippen molar-refractivity contribution in [2.75, 3.05) is 0 Å². The van der Waals surface area contributed by atoms with Crippen molar-refractivity contribution < 1.29 is 0 Å². The van der Waals surface area contributed by atoms with Crippen LogP contribution < -0.4 is 11.2 Å². The second-order valence-corrected chi connectivity index (χ2v) is 6.46. The molecule has 0 fully saturated rings. The molecular formula is C17H23N5S. The van der Waals surface area contributed by atoms with Crippen molar-refractivity contribution in [2.24, 2.45) is 10.8 Å². The zero-order valence-corrected chi connectivity index (χ0v) is 14.6. The summed E-state index contributed by atoms with van der Waals surface area (Å²) in [4.78, 5) is 5.65. The summed E-state index contributed by atoms with van der Waals surface area (Å²) in [6.45, 7) is 6.06. The van der Waals surface area contributed by atoms with Gasteiger partial charge in [-0.2, -0.15) is 5.10 Å². The number of hydrazone groups is 1. The van der Waals surface area contributed by atoms with Crippen molar-refractivity contribution >= 4 is 23.0 Å². The van der Waals surface area contributed by atoms with Gasteiger partial charge >= 0.3 is 0 Å². The van der Waals surface area contributed by atoms with Crippen molar-refractivity contribution in [1.29, 1.82) is 5.41 Å². The van der Waals surface area contributed by atoms with E-state index in [1.54, 1.807) is 11.3 Å². The van der Waals surface area contributed by atoms with Gasteiger partial charge in [0.1, 0.15) is 5.01 Å². The summed E-state index contributed by atoms with van der Waals surface area (Å²) in [7, 11) is 0. The standard InChI is InChI=1S/C17H23N5S/c1-4-5-6-13-7-9-14(10-8-13)16-20-11(2)15(23-16)12(3)21-22-17(18)19/h7-10H,4-6H2,1-3H3,(H4,18,19,22)/b21-12+. The van der Waals surface area contributed by atoms with E-state index in [1.807, 2.05) is 13.8 Å². The van der Waals surface area contributed by atoms with Crippen molar-refractivity contribution in [1.82, 2.24) is 10.4 Å². The normalized spacial score (nSPS) is 11.5. The summed E-state index contributed by atoms with van der Waals surface area (Å²) in [5.74, 6) is -0.172. The third-order valence-corrected chi connectivity index (χ3v) is 4.80. The largest absolute Gasteiger partial charge is 0.369 e. The Morgan fingerprint density at radius 2 is 2.04 bits per heavy atom. The van der Waals surface area contributed by atoms with E-state index in [0.29, 0.717) is 0 Å². The molecule has 122 valence electrons. The van der Waals surface area contributed by atoms with Crippen molar-refractivity contribution in [3.05, 3.63) is 40.4 Å². The molecule has 0 aliphatic rings. The predicted octanol–water partition coefficient (Wildman–Crippen LogP) is 3.67. The zero-order chi connectivity index (χ0) is 16.8. The zero-order valence-electron chi connectivity index (χ0n) is 13.8. The fourth-order valence-electron chi connectivity index (χ4n) is 2.25. The Bertz CT molecular complexity index is 700. The molecule has 23 heavy (non-hydrogen) atoms. The molecule has 0 aliphatic heterocycles. The Labute approximate surface area is 141 Å². The molecule has 0 atom stereocenters. The fourth-order valence-corrected chi connectivity index (χ4v) is 3.26. The summed E-state index contributed by atoms with van der Waals surface area (Å²) in [5, 5.41) is 12.2. The summed E-state index contributed by atoms with van der Waals surface area (Å²) in [6.07, 6.45) is 3.56. The monoisotopic (exact) mass is 329 g/mol. The molecule has 0 spiro atoms. The minimum Gasteiger partial charge on any atom is -0.369 e. The first-order chi connectivity index (χ1) is 11.0. The van der Waals surface area contributed by atoms with Gasteiger partial charge in [-0.3, -0.25) is 5.41 Å². The average Bonchev–Trinajstić information content (AvgIpc) is 2.93. The number of unbranched alkanes of at least 4 members (excludes halogenated alkanes) is 1. The van der Waals surface area contributed by atoms with Crippen molar-refractivity contribution in [3.8, 4) is 10.6 Å². The molecule has 0 amide bonds. The van der Waals surface area contributed by atoms with Crippen LogP contribution in [0.4, 0.5) is 0 Å². The lowest BCUT2D eigenvalue weighted by atomic mass is 10.1. The number of guanidine groups is 1. The molecule has 0 aliphatic carbocycles. The van der Waals surface area contributed by atoms with E-state index in [0.717, 1.165) is 33.3 Å². The number of nitrogens with one attached hydrogen (secondary N) is 2. The Hall–Kier alpha value is -2.21. The van der Waals surface area contributed by atoms with Crippen molar-refractivity contribution in [2.45, 2.75) is 40.0 Å². The van der Waals surface area contributed by atoms with Crippen LogP contribution in [0.15, 0.2) is 29.4 Å². The molecule has 1 aromatic carbocycles. The first kappa shape index (κ1) is 17.1. The number of rotatable bonds is 6. The molecule has 1 aromatic heterocycles. The van der Waals surface area contributed by atoms with Gasteiger partial charge in [0.2, 0.25) is 5.96 Å². The van der Waals surface area contributed by atoms with Crippen LogP contribution in [0.25, 0.3) is 10.6 Å². The van der Waals surface area contributed by atoms with Crippen LogP contribution in [-0.2, 0) is 6.42 Å². The maximum absolute atomic E-state index is 7.16. The van der Waals surface area contributed by atoms with Crippen LogP contribution in [0, 0.1) is 12.3 Å². The van der Waals surface area contributed by atoms with E-state index < -0.39 is 0 Å². The molecule has 4 N–H and O–H groups in total. The number of thiazole rings is 1. The number of nitrogens with two attached hydrogens (primary N) is 1. The molecule has 0 saturated carbocycles. The number of nitrogens with zero attached hydrogens (tertiary/aromatic N) is 2. The van der Waals surface area contributed by atoms with Gasteiger partial charge in [-0.15, -0.1) is 11.3 Å². The number of hydrogen-bond donors (Lipinski definition) is 3. The van der Waals surface area contributed by atoms with Gasteiger partial charge in [0.05, 0.1) is 16.3 Å². The molecule has 5 nitrogen and oxygen atoms in total. The van der Waals surface area contributed by atoms with Crippen molar-refractivity contribution in [3.63, 3.8) is 0 Å². The Morgan fingerprint density at radius 3 is 2.65 bits per heavy atom. The molecule has 0 saturated heterocycles. The quantitative estimate of drug-likeness (QED) is 0.429. The maximum atomic E-state index is 7.16. The van der Waals surface area contributed by atoms with Crippen LogP contribution in [0.1, 0.15) is 42.8 Å². The van der Waals surface area contributed by atoms with Crippen LogP contribution in [0.5, 0.6) is 0 Å². The summed E-state index contributed by atoms with van der Waals surface area (Å²) < 4.78 is 0. The summed E-state index contributed by atoms with van der Waals surface area (Å²) in [6, 6.07) is 8.62. The molecule has 6 heteroatoms. The minimum atomic E-state index is -0.172. The van der Waals surface area contributed by atoms with Gasteiger partial charge in [-0.1, -0.05) is 37.6 Å². The van der Waals surface area contributed by atoms with Gasteiger partial charge in [-0.05, 0) is 32.3 Å². The Morgan fingerprint density at radius 1 is 1.35 bits per heavy atom. The van der Waals surface area contributed by atoms with Gasteiger partial charge in [-0.25, -0.2) is 10.4 Å². The van der Waals surface area contributed by atoms with E-state index in [1.165, 1.54) is 18.4 Å². The molecule has 1 heterocycles. The minimum absolute atomic E-state index is 0.172. The first-order valence-electron chi connectivity index (χ1n) is 7.72. The predicted molar refractivity (Wildman–Crippen MR) is 98.2 cm³/mol. The summed E-state index contributed by atoms with van der Waals surface area (Å²) >= 11 is 1.60. The third kappa shape index (κ3) is 4.63. The van der Waals surface area contributed by atoms with Gasteiger partial charge in [0.15, 0.2) is 0 Å². The van der Waals surface area contributed by atoms with Gasteiger partial charge in [0, 0.05) is 5.56 Å². The van der Waals surface area contributed by atoms with Crippen LogP contribution in [0.2, 0.25) is 0 Å². The molecule has 0 bridgehead atoms. The number of aromatic nitrogens is 1. The molecule has 2 aromatic rings. The number of hydrogen-bond acceptors (Lipinski definition) is 4. The first-order valence-corrected chi connectivity index (χ1v) is 8.54. The average molecular weight is 329 g/mol. The molecule has 0 radical (unpaired) electrons. The lowest BCUT2D eigenvalue weighted by Gasteiger charge is -2.01. The van der Waals surface area contributed by atoms with Crippen LogP contribution in [-0.4, -0.2) is 16.7 Å². The van der Waals surface area contributed by atoms with Gasteiger partial charge in [0.25, 0.3) is 0 Å². The lowest BCUT2D eigenvalue weighted by molar-refractivity contribution is 0.795. The highest BCUT2D eigenvalue weighted by Gasteiger charge is 2.12. The van der Waals surface area contributed by atoms with E-state index >= 15 is 0 Å². The molecular weight excluding hydrogens is 306 g/mol. The van der Waals surface area contributed by atoms with Crippen LogP contribution in [0.3, 0.4) is 0 Å². The number of benzene rings is 1. The molecule has 0 unspecified atom stereocenters. The smallest absolute Gasteiger partial charge is 0.206 e. The van der Waals surface area contributed by atoms with Gasteiger partial charge < -0.3 is 5.73 Å². The lowest BCUT2D eigenvalue weighted by Crippen LogP contribution is -2.26. The van der Waals surface area contributed by atoms with E-state index in [2.05, 4.69) is 46.7 Å². The third-order valence-electron chi connectivity index (χ3n) is 3.49. The summed E-state index contributed by atoms with van der Waals surface area (Å²) in [5.41, 5.74) is 11.9. The fraction of sp³-hybridized carbons (Fsp3) is 0.353.